The van der Waals surface area contributed by atoms with Crippen molar-refractivity contribution >= 4 is 29.4 Å². The molecule has 1 aliphatic rings. The van der Waals surface area contributed by atoms with Gasteiger partial charge < -0.3 is 15.7 Å². The maximum absolute atomic E-state index is 12.6. The van der Waals surface area contributed by atoms with E-state index in [0.29, 0.717) is 17.7 Å². The SMILES string of the molecule is CCCCCN(C(=O)CN)C(CC)(C(=O)O)c1ccc(N2C(=O)C=CC2=O)cc1. The minimum Gasteiger partial charge on any atom is -0.479 e. The molecule has 0 radical (unpaired) electrons. The van der Waals surface area contributed by atoms with Gasteiger partial charge in [0, 0.05) is 18.7 Å². The van der Waals surface area contributed by atoms with Crippen LogP contribution in [-0.2, 0) is 24.7 Å². The van der Waals surface area contributed by atoms with Crippen molar-refractivity contribution in [2.75, 3.05) is 18.0 Å². The Morgan fingerprint density at radius 1 is 1.07 bits per heavy atom. The Balaban J connectivity index is 2.47. The number of hydrogen-bond donors (Lipinski definition) is 2. The van der Waals surface area contributed by atoms with Crippen LogP contribution in [-0.4, -0.2) is 46.8 Å². The predicted octanol–water partition coefficient (Wildman–Crippen LogP) is 1.78. The molecule has 0 saturated heterocycles. The third kappa shape index (κ3) is 4.22. The summed E-state index contributed by atoms with van der Waals surface area (Å²) >= 11 is 0. The van der Waals surface area contributed by atoms with E-state index in [2.05, 4.69) is 0 Å². The van der Waals surface area contributed by atoms with Crippen molar-refractivity contribution in [1.82, 2.24) is 4.90 Å². The van der Waals surface area contributed by atoms with E-state index >= 15 is 0 Å². The number of unbranched alkanes of at least 4 members (excludes halogenated alkanes) is 2. The number of carboxylic acids is 1. The average Bonchev–Trinajstić information content (AvgIpc) is 3.05. The summed E-state index contributed by atoms with van der Waals surface area (Å²) in [5, 5.41) is 10.2. The molecule has 0 saturated carbocycles. The van der Waals surface area contributed by atoms with Crippen LogP contribution in [0.15, 0.2) is 36.4 Å². The molecule has 3 amide bonds. The van der Waals surface area contributed by atoms with E-state index in [0.717, 1.165) is 17.7 Å². The molecule has 0 aliphatic carbocycles. The molecule has 1 atom stereocenters. The molecule has 3 N–H and O–H groups in total. The Kier molecular flexibility index (Phi) is 7.28. The molecule has 2 rings (SSSR count). The van der Waals surface area contributed by atoms with Gasteiger partial charge in [-0.25, -0.2) is 9.69 Å². The molecule has 8 nitrogen and oxygen atoms in total. The number of carbonyl (C=O) groups excluding carboxylic acids is 3. The summed E-state index contributed by atoms with van der Waals surface area (Å²) in [6.45, 7) is 3.71. The number of aliphatic carboxylic acids is 1. The van der Waals surface area contributed by atoms with Crippen molar-refractivity contribution in [2.24, 2.45) is 5.73 Å². The summed E-state index contributed by atoms with van der Waals surface area (Å²) in [5.41, 5.74) is 4.72. The number of nitrogens with two attached hydrogens (primary N) is 1. The normalized spacial score (nSPS) is 15.5. The molecule has 0 spiro atoms. The third-order valence-corrected chi connectivity index (χ3v) is 5.20. The smallest absolute Gasteiger partial charge is 0.334 e. The van der Waals surface area contributed by atoms with Gasteiger partial charge in [0.1, 0.15) is 0 Å². The van der Waals surface area contributed by atoms with Crippen molar-refractivity contribution in [1.29, 1.82) is 0 Å². The Bertz CT molecular complexity index is 800. The topological polar surface area (TPSA) is 121 Å². The Hall–Kier alpha value is -3.00. The first-order valence-electron chi connectivity index (χ1n) is 9.74. The highest BCUT2D eigenvalue weighted by Gasteiger charge is 2.46. The summed E-state index contributed by atoms with van der Waals surface area (Å²) in [4.78, 5) is 51.1. The number of carboxylic acid groups (broad SMARTS) is 1. The van der Waals surface area contributed by atoms with Crippen LogP contribution < -0.4 is 10.6 Å². The second-order valence-electron chi connectivity index (χ2n) is 6.87. The van der Waals surface area contributed by atoms with E-state index in [-0.39, 0.29) is 19.5 Å². The lowest BCUT2D eigenvalue weighted by Crippen LogP contribution is -2.56. The summed E-state index contributed by atoms with van der Waals surface area (Å²) in [6, 6.07) is 6.12. The van der Waals surface area contributed by atoms with Crippen molar-refractivity contribution < 1.29 is 24.3 Å². The minimum absolute atomic E-state index is 0.142. The van der Waals surface area contributed by atoms with Gasteiger partial charge in [-0.15, -0.1) is 0 Å². The second-order valence-corrected chi connectivity index (χ2v) is 6.87. The van der Waals surface area contributed by atoms with Gasteiger partial charge in [0.2, 0.25) is 5.91 Å². The highest BCUT2D eigenvalue weighted by molar-refractivity contribution is 6.28. The fourth-order valence-corrected chi connectivity index (χ4v) is 3.64. The lowest BCUT2D eigenvalue weighted by Gasteiger charge is -2.40. The molecule has 8 heteroatoms. The summed E-state index contributed by atoms with van der Waals surface area (Å²) in [6.07, 6.45) is 4.95. The summed E-state index contributed by atoms with van der Waals surface area (Å²) < 4.78 is 0. The molecule has 1 aromatic rings. The van der Waals surface area contributed by atoms with Gasteiger partial charge in [0.25, 0.3) is 11.8 Å². The van der Waals surface area contributed by atoms with E-state index < -0.39 is 29.2 Å². The Morgan fingerprint density at radius 2 is 1.66 bits per heavy atom. The molecule has 29 heavy (non-hydrogen) atoms. The first kappa shape index (κ1) is 22.3. The zero-order valence-corrected chi connectivity index (χ0v) is 16.8. The number of rotatable bonds is 10. The van der Waals surface area contributed by atoms with Crippen molar-refractivity contribution in [3.8, 4) is 0 Å². The lowest BCUT2D eigenvalue weighted by atomic mass is 9.84. The van der Waals surface area contributed by atoms with E-state index in [4.69, 9.17) is 5.73 Å². The van der Waals surface area contributed by atoms with Crippen molar-refractivity contribution in [3.05, 3.63) is 42.0 Å². The van der Waals surface area contributed by atoms with Gasteiger partial charge >= 0.3 is 5.97 Å². The van der Waals surface area contributed by atoms with Crippen LogP contribution in [0.3, 0.4) is 0 Å². The zero-order chi connectivity index (χ0) is 21.6. The predicted molar refractivity (Wildman–Crippen MR) is 108 cm³/mol. The standard InChI is InChI=1S/C21H27N3O5/c1-3-5-6-13-23(19(27)14-22)21(4-2,20(28)29)15-7-9-16(10-8-15)24-17(25)11-12-18(24)26/h7-12H,3-6,13-14,22H2,1-2H3,(H,28,29). The number of carbonyl (C=O) groups is 4. The number of nitrogens with zero attached hydrogens (tertiary/aromatic N) is 2. The van der Waals surface area contributed by atoms with Gasteiger partial charge in [-0.2, -0.15) is 0 Å². The molecule has 156 valence electrons. The first-order valence-corrected chi connectivity index (χ1v) is 9.74. The fourth-order valence-electron chi connectivity index (χ4n) is 3.64. The first-order chi connectivity index (χ1) is 13.8. The van der Waals surface area contributed by atoms with Crippen molar-refractivity contribution in [2.45, 2.75) is 45.1 Å². The third-order valence-electron chi connectivity index (χ3n) is 5.20. The zero-order valence-electron chi connectivity index (χ0n) is 16.8. The van der Waals surface area contributed by atoms with E-state index in [1.165, 1.54) is 29.2 Å². The average molecular weight is 401 g/mol. The van der Waals surface area contributed by atoms with Crippen molar-refractivity contribution in [3.63, 3.8) is 0 Å². The minimum atomic E-state index is -1.58. The fraction of sp³-hybridized carbons (Fsp3) is 0.429. The molecule has 1 heterocycles. The Morgan fingerprint density at radius 3 is 2.10 bits per heavy atom. The van der Waals surface area contributed by atoms with E-state index in [1.54, 1.807) is 19.1 Å². The van der Waals surface area contributed by atoms with Crippen LogP contribution in [0.1, 0.15) is 45.1 Å². The van der Waals surface area contributed by atoms with E-state index in [1.807, 2.05) is 6.92 Å². The molecule has 1 aromatic carbocycles. The van der Waals surface area contributed by atoms with Gasteiger partial charge in [0.05, 0.1) is 12.2 Å². The van der Waals surface area contributed by atoms with Crippen LogP contribution in [0.4, 0.5) is 5.69 Å². The number of imide groups is 1. The van der Waals surface area contributed by atoms with Crippen LogP contribution in [0, 0.1) is 0 Å². The highest BCUT2D eigenvalue weighted by Crippen LogP contribution is 2.35. The molecule has 0 aromatic heterocycles. The number of anilines is 1. The number of hydrogen-bond acceptors (Lipinski definition) is 5. The monoisotopic (exact) mass is 401 g/mol. The molecule has 1 unspecified atom stereocenters. The summed E-state index contributed by atoms with van der Waals surface area (Å²) in [5.74, 6) is -2.51. The van der Waals surface area contributed by atoms with Crippen LogP contribution in [0.5, 0.6) is 0 Å². The van der Waals surface area contributed by atoms with Gasteiger partial charge in [-0.3, -0.25) is 14.4 Å². The maximum Gasteiger partial charge on any atom is 0.334 e. The highest BCUT2D eigenvalue weighted by atomic mass is 16.4. The quantitative estimate of drug-likeness (QED) is 0.455. The molecule has 0 bridgehead atoms. The van der Waals surface area contributed by atoms with Crippen LogP contribution in [0.2, 0.25) is 0 Å². The molecule has 1 aliphatic heterocycles. The second kappa shape index (κ2) is 9.47. The van der Waals surface area contributed by atoms with Gasteiger partial charge in [0.15, 0.2) is 5.54 Å². The van der Waals surface area contributed by atoms with Crippen LogP contribution in [0.25, 0.3) is 0 Å². The molecular weight excluding hydrogens is 374 g/mol. The van der Waals surface area contributed by atoms with Crippen LogP contribution >= 0.6 is 0 Å². The molecule has 0 fully saturated rings. The maximum atomic E-state index is 12.6. The summed E-state index contributed by atoms with van der Waals surface area (Å²) in [7, 11) is 0. The number of benzene rings is 1. The van der Waals surface area contributed by atoms with E-state index in [9.17, 15) is 24.3 Å². The van der Waals surface area contributed by atoms with Gasteiger partial charge in [-0.05, 0) is 30.5 Å². The Labute approximate surface area is 170 Å². The van der Waals surface area contributed by atoms with Gasteiger partial charge in [-0.1, -0.05) is 38.8 Å². The molecular formula is C21H27N3O5. The largest absolute Gasteiger partial charge is 0.479 e. The number of amides is 3. The lowest BCUT2D eigenvalue weighted by molar-refractivity contribution is -0.160.